The van der Waals surface area contributed by atoms with Crippen molar-refractivity contribution >= 4 is 5.82 Å². The van der Waals surface area contributed by atoms with Crippen molar-refractivity contribution in [2.24, 2.45) is 13.0 Å². The number of nitrogens with zero attached hydrogens (tertiary/aromatic N) is 3. The molecule has 1 aliphatic heterocycles. The van der Waals surface area contributed by atoms with Crippen LogP contribution in [-0.2, 0) is 23.1 Å². The standard InChI is InChI=1S/C15H28N4O2/c1-12-14(9-16-6-8-20-3)15(18(2)17-12)19-7-5-13(10-19)11-21-4/h13,16H,5-11H2,1-4H3. The molecule has 0 amide bonds. The van der Waals surface area contributed by atoms with Gasteiger partial charge in [0.15, 0.2) is 0 Å². The van der Waals surface area contributed by atoms with Crippen LogP contribution >= 0.6 is 0 Å². The quantitative estimate of drug-likeness (QED) is 0.724. The second-order valence-corrected chi connectivity index (χ2v) is 5.74. The van der Waals surface area contributed by atoms with Gasteiger partial charge in [-0.2, -0.15) is 5.10 Å². The highest BCUT2D eigenvalue weighted by Crippen LogP contribution is 2.28. The second-order valence-electron chi connectivity index (χ2n) is 5.74. The van der Waals surface area contributed by atoms with Gasteiger partial charge in [0.1, 0.15) is 5.82 Å². The number of hydrogen-bond donors (Lipinski definition) is 1. The molecule has 2 heterocycles. The summed E-state index contributed by atoms with van der Waals surface area (Å²) in [4.78, 5) is 2.44. The fourth-order valence-corrected chi connectivity index (χ4v) is 3.08. The molecule has 21 heavy (non-hydrogen) atoms. The minimum atomic E-state index is 0.625. The van der Waals surface area contributed by atoms with E-state index in [4.69, 9.17) is 9.47 Å². The third kappa shape index (κ3) is 3.96. The molecular weight excluding hydrogens is 268 g/mol. The van der Waals surface area contributed by atoms with Crippen molar-refractivity contribution < 1.29 is 9.47 Å². The first kappa shape index (κ1) is 16.3. The van der Waals surface area contributed by atoms with Crippen molar-refractivity contribution in [1.82, 2.24) is 15.1 Å². The van der Waals surface area contributed by atoms with Gasteiger partial charge >= 0.3 is 0 Å². The number of hydrogen-bond acceptors (Lipinski definition) is 5. The third-order valence-electron chi connectivity index (χ3n) is 4.09. The molecule has 2 rings (SSSR count). The van der Waals surface area contributed by atoms with Gasteiger partial charge in [0.2, 0.25) is 0 Å². The Kier molecular flexibility index (Phi) is 6.02. The minimum Gasteiger partial charge on any atom is -0.384 e. The van der Waals surface area contributed by atoms with Crippen LogP contribution in [0.4, 0.5) is 5.82 Å². The average molecular weight is 296 g/mol. The lowest BCUT2D eigenvalue weighted by molar-refractivity contribution is 0.161. The van der Waals surface area contributed by atoms with Gasteiger partial charge in [-0.3, -0.25) is 4.68 Å². The molecule has 0 bridgehead atoms. The fourth-order valence-electron chi connectivity index (χ4n) is 3.08. The zero-order valence-corrected chi connectivity index (χ0v) is 13.7. The average Bonchev–Trinajstić information content (AvgIpc) is 3.00. The van der Waals surface area contributed by atoms with E-state index in [0.717, 1.165) is 45.1 Å². The monoisotopic (exact) mass is 296 g/mol. The number of methoxy groups -OCH3 is 2. The van der Waals surface area contributed by atoms with E-state index in [1.165, 1.54) is 17.8 Å². The van der Waals surface area contributed by atoms with Gasteiger partial charge in [0.05, 0.1) is 18.9 Å². The molecule has 1 atom stereocenters. The lowest BCUT2D eigenvalue weighted by Gasteiger charge is -2.21. The Balaban J connectivity index is 2.04. The molecule has 6 nitrogen and oxygen atoms in total. The van der Waals surface area contributed by atoms with E-state index in [1.54, 1.807) is 14.2 Å². The SMILES string of the molecule is COCCNCc1c(C)nn(C)c1N1CCC(COC)C1. The summed E-state index contributed by atoms with van der Waals surface area (Å²) in [5.74, 6) is 1.87. The van der Waals surface area contributed by atoms with E-state index in [9.17, 15) is 0 Å². The molecule has 1 fully saturated rings. The zero-order chi connectivity index (χ0) is 15.2. The molecule has 0 radical (unpaired) electrons. The summed E-state index contributed by atoms with van der Waals surface area (Å²) < 4.78 is 12.4. The van der Waals surface area contributed by atoms with Crippen molar-refractivity contribution in [3.8, 4) is 0 Å². The number of rotatable bonds is 8. The van der Waals surface area contributed by atoms with Crippen molar-refractivity contribution in [3.05, 3.63) is 11.3 Å². The van der Waals surface area contributed by atoms with Crippen LogP contribution in [0.5, 0.6) is 0 Å². The molecule has 1 aromatic heterocycles. The van der Waals surface area contributed by atoms with Crippen molar-refractivity contribution in [2.45, 2.75) is 19.9 Å². The summed E-state index contributed by atoms with van der Waals surface area (Å²) in [6.45, 7) is 7.49. The Bertz CT molecular complexity index is 447. The Morgan fingerprint density at radius 1 is 1.33 bits per heavy atom. The van der Waals surface area contributed by atoms with Crippen molar-refractivity contribution in [2.75, 3.05) is 52.0 Å². The van der Waals surface area contributed by atoms with E-state index in [1.807, 2.05) is 11.7 Å². The Hall–Kier alpha value is -1.11. The van der Waals surface area contributed by atoms with Crippen LogP contribution in [0.25, 0.3) is 0 Å². The van der Waals surface area contributed by atoms with E-state index >= 15 is 0 Å². The van der Waals surface area contributed by atoms with Crippen LogP contribution in [0.3, 0.4) is 0 Å². The minimum absolute atomic E-state index is 0.625. The summed E-state index contributed by atoms with van der Waals surface area (Å²) >= 11 is 0. The third-order valence-corrected chi connectivity index (χ3v) is 4.09. The first-order valence-electron chi connectivity index (χ1n) is 7.63. The smallest absolute Gasteiger partial charge is 0.131 e. The lowest BCUT2D eigenvalue weighted by Crippen LogP contribution is -2.26. The molecule has 1 aliphatic rings. The van der Waals surface area contributed by atoms with Gasteiger partial charge in [-0.05, 0) is 13.3 Å². The van der Waals surface area contributed by atoms with Gasteiger partial charge < -0.3 is 19.7 Å². The van der Waals surface area contributed by atoms with Crippen LogP contribution in [-0.4, -0.2) is 56.8 Å². The number of nitrogens with one attached hydrogen (secondary N) is 1. The number of aryl methyl sites for hydroxylation is 2. The van der Waals surface area contributed by atoms with Crippen LogP contribution in [0.15, 0.2) is 0 Å². The second kappa shape index (κ2) is 7.77. The van der Waals surface area contributed by atoms with E-state index in [0.29, 0.717) is 5.92 Å². The Morgan fingerprint density at radius 3 is 2.86 bits per heavy atom. The van der Waals surface area contributed by atoms with Gasteiger partial charge in [-0.25, -0.2) is 0 Å². The van der Waals surface area contributed by atoms with Crippen LogP contribution in [0.2, 0.25) is 0 Å². The normalized spacial score (nSPS) is 18.7. The maximum absolute atomic E-state index is 5.29. The summed E-state index contributed by atoms with van der Waals surface area (Å²) in [6.07, 6.45) is 1.19. The van der Waals surface area contributed by atoms with Gasteiger partial charge in [-0.15, -0.1) is 0 Å². The molecule has 0 saturated carbocycles. The maximum Gasteiger partial charge on any atom is 0.131 e. The Morgan fingerprint density at radius 2 is 2.14 bits per heavy atom. The maximum atomic E-state index is 5.29. The molecule has 0 spiro atoms. The van der Waals surface area contributed by atoms with Crippen LogP contribution < -0.4 is 10.2 Å². The first-order chi connectivity index (χ1) is 10.2. The topological polar surface area (TPSA) is 51.5 Å². The number of ether oxygens (including phenoxy) is 2. The summed E-state index contributed by atoms with van der Waals surface area (Å²) in [6, 6.07) is 0. The molecule has 1 N–H and O–H groups in total. The molecule has 120 valence electrons. The number of aromatic nitrogens is 2. The fraction of sp³-hybridized carbons (Fsp3) is 0.800. The molecule has 1 aromatic rings. The van der Waals surface area contributed by atoms with Crippen LogP contribution in [0.1, 0.15) is 17.7 Å². The van der Waals surface area contributed by atoms with Gasteiger partial charge in [-0.1, -0.05) is 0 Å². The summed E-state index contributed by atoms with van der Waals surface area (Å²) in [7, 11) is 5.54. The molecule has 6 heteroatoms. The molecular formula is C15H28N4O2. The van der Waals surface area contributed by atoms with E-state index in [-0.39, 0.29) is 0 Å². The molecule has 1 saturated heterocycles. The first-order valence-corrected chi connectivity index (χ1v) is 7.63. The Labute approximate surface area is 127 Å². The highest BCUT2D eigenvalue weighted by Gasteiger charge is 2.27. The summed E-state index contributed by atoms with van der Waals surface area (Å²) in [5.41, 5.74) is 2.40. The predicted molar refractivity (Wildman–Crippen MR) is 83.7 cm³/mol. The zero-order valence-electron chi connectivity index (χ0n) is 13.7. The molecule has 0 aliphatic carbocycles. The lowest BCUT2D eigenvalue weighted by atomic mass is 10.1. The number of anilines is 1. The van der Waals surface area contributed by atoms with E-state index in [2.05, 4.69) is 22.2 Å². The van der Waals surface area contributed by atoms with Crippen LogP contribution in [0, 0.1) is 12.8 Å². The highest BCUT2D eigenvalue weighted by molar-refractivity contribution is 5.51. The summed E-state index contributed by atoms with van der Waals surface area (Å²) in [5, 5.41) is 8.03. The van der Waals surface area contributed by atoms with Gasteiger partial charge in [0, 0.05) is 58.9 Å². The molecule has 0 aromatic carbocycles. The predicted octanol–water partition coefficient (Wildman–Crippen LogP) is 0.937. The largest absolute Gasteiger partial charge is 0.384 e. The highest BCUT2D eigenvalue weighted by atomic mass is 16.5. The van der Waals surface area contributed by atoms with Crippen molar-refractivity contribution in [3.63, 3.8) is 0 Å². The van der Waals surface area contributed by atoms with E-state index < -0.39 is 0 Å². The van der Waals surface area contributed by atoms with Crippen molar-refractivity contribution in [1.29, 1.82) is 0 Å². The van der Waals surface area contributed by atoms with Gasteiger partial charge in [0.25, 0.3) is 0 Å². The molecule has 1 unspecified atom stereocenters.